The summed E-state index contributed by atoms with van der Waals surface area (Å²) >= 11 is 0. The van der Waals surface area contributed by atoms with Crippen LogP contribution in [-0.2, 0) is 20.2 Å². The molecule has 128 valence electrons. The maximum absolute atomic E-state index is 13.9. The van der Waals surface area contributed by atoms with E-state index in [9.17, 15) is 17.6 Å². The number of halogens is 1. The van der Waals surface area contributed by atoms with E-state index in [1.54, 1.807) is 32.0 Å². The molecule has 5 nitrogen and oxygen atoms in total. The molecule has 0 aliphatic carbocycles. The normalized spacial score (nSPS) is 21.8. The summed E-state index contributed by atoms with van der Waals surface area (Å²) in [5.74, 6) is -0.554. The molecule has 1 heterocycles. The Kier molecular flexibility index (Phi) is 5.10. The van der Waals surface area contributed by atoms with Gasteiger partial charge in [0.2, 0.25) is 5.91 Å². The first kappa shape index (κ1) is 17.9. The number of amides is 1. The van der Waals surface area contributed by atoms with E-state index in [1.807, 2.05) is 11.9 Å². The average molecular weight is 342 g/mol. The molecule has 1 amide bonds. The van der Waals surface area contributed by atoms with Gasteiger partial charge in [0.05, 0.1) is 17.0 Å². The van der Waals surface area contributed by atoms with Gasteiger partial charge < -0.3 is 10.2 Å². The summed E-state index contributed by atoms with van der Waals surface area (Å²) in [7, 11) is -1.28. The topological polar surface area (TPSA) is 66.5 Å². The average Bonchev–Trinajstić information content (AvgIpc) is 2.42. The highest BCUT2D eigenvalue weighted by atomic mass is 32.2. The zero-order chi connectivity index (χ0) is 17.3. The van der Waals surface area contributed by atoms with Crippen LogP contribution in [0.15, 0.2) is 24.3 Å². The van der Waals surface area contributed by atoms with Crippen LogP contribution in [0.2, 0.25) is 0 Å². The number of carbonyl (C=O) groups excluding carboxylic acids is 1. The van der Waals surface area contributed by atoms with Crippen molar-refractivity contribution in [2.75, 3.05) is 25.1 Å². The zero-order valence-electron chi connectivity index (χ0n) is 13.7. The Hall–Kier alpha value is -1.47. The first-order valence-corrected chi connectivity index (χ1v) is 9.39. The maximum atomic E-state index is 13.9. The summed E-state index contributed by atoms with van der Waals surface area (Å²) in [5.41, 5.74) is -0.466. The molecule has 0 spiro atoms. The van der Waals surface area contributed by atoms with Crippen molar-refractivity contribution in [3.8, 4) is 0 Å². The van der Waals surface area contributed by atoms with E-state index in [-0.39, 0.29) is 35.7 Å². The Balaban J connectivity index is 2.05. The Morgan fingerprint density at radius 3 is 2.70 bits per heavy atom. The van der Waals surface area contributed by atoms with Crippen molar-refractivity contribution in [3.63, 3.8) is 0 Å². The van der Waals surface area contributed by atoms with Gasteiger partial charge in [-0.3, -0.25) is 4.79 Å². The second-order valence-corrected chi connectivity index (χ2v) is 8.83. The number of hydrogen-bond donors (Lipinski definition) is 1. The molecule has 1 atom stereocenters. The van der Waals surface area contributed by atoms with Gasteiger partial charge in [0.1, 0.15) is 5.82 Å². The number of hydrogen-bond acceptors (Lipinski definition) is 4. The van der Waals surface area contributed by atoms with Crippen molar-refractivity contribution in [1.29, 1.82) is 0 Å². The van der Waals surface area contributed by atoms with Crippen LogP contribution in [0.4, 0.5) is 4.39 Å². The predicted molar refractivity (Wildman–Crippen MR) is 87.3 cm³/mol. The Bertz CT molecular complexity index is 688. The Labute approximate surface area is 136 Å². The summed E-state index contributed by atoms with van der Waals surface area (Å²) in [6.45, 7) is 3.88. The van der Waals surface area contributed by atoms with Gasteiger partial charge in [-0.1, -0.05) is 18.2 Å². The van der Waals surface area contributed by atoms with E-state index in [2.05, 4.69) is 5.32 Å². The molecule has 0 aromatic heterocycles. The van der Waals surface area contributed by atoms with E-state index >= 15 is 0 Å². The van der Waals surface area contributed by atoms with E-state index in [0.29, 0.717) is 12.1 Å². The van der Waals surface area contributed by atoms with E-state index in [1.165, 1.54) is 6.07 Å². The Morgan fingerprint density at radius 1 is 1.39 bits per heavy atom. The van der Waals surface area contributed by atoms with Crippen molar-refractivity contribution in [3.05, 3.63) is 35.6 Å². The van der Waals surface area contributed by atoms with Gasteiger partial charge in [0, 0.05) is 24.6 Å². The zero-order valence-corrected chi connectivity index (χ0v) is 14.5. The van der Waals surface area contributed by atoms with Gasteiger partial charge in [-0.2, -0.15) is 0 Å². The van der Waals surface area contributed by atoms with Crippen molar-refractivity contribution in [1.82, 2.24) is 10.2 Å². The number of benzene rings is 1. The molecule has 0 bridgehead atoms. The van der Waals surface area contributed by atoms with Gasteiger partial charge >= 0.3 is 0 Å². The first-order chi connectivity index (χ1) is 10.6. The largest absolute Gasteiger partial charge is 0.347 e. The lowest BCUT2D eigenvalue weighted by atomic mass is 9.93. The standard InChI is InChI=1S/C16H23FN2O3S/c1-16(2,13-6-4-5-7-14(13)17)18-15(20)10-12-11-23(21,22)9-8-19(12)3/h4-7,12H,8-11H2,1-3H3,(H,18,20). The van der Waals surface area contributed by atoms with Crippen molar-refractivity contribution >= 4 is 15.7 Å². The highest BCUT2D eigenvalue weighted by Gasteiger charge is 2.32. The molecule has 1 aromatic rings. The number of carbonyl (C=O) groups is 1. The molecule has 0 radical (unpaired) electrons. The predicted octanol–water partition coefficient (Wildman–Crippen LogP) is 1.30. The molecule has 1 aliphatic heterocycles. The Morgan fingerprint density at radius 2 is 2.04 bits per heavy atom. The van der Waals surface area contributed by atoms with Gasteiger partial charge in [-0.05, 0) is 27.0 Å². The van der Waals surface area contributed by atoms with Crippen LogP contribution in [0.3, 0.4) is 0 Å². The van der Waals surface area contributed by atoms with Gasteiger partial charge in [-0.15, -0.1) is 0 Å². The third-order valence-electron chi connectivity index (χ3n) is 4.24. The lowest BCUT2D eigenvalue weighted by molar-refractivity contribution is -0.123. The van der Waals surface area contributed by atoms with E-state index < -0.39 is 15.4 Å². The minimum Gasteiger partial charge on any atom is -0.347 e. The highest BCUT2D eigenvalue weighted by Crippen LogP contribution is 2.23. The lowest BCUT2D eigenvalue weighted by Crippen LogP contribution is -2.50. The molecule has 1 aliphatic rings. The van der Waals surface area contributed by atoms with Crippen LogP contribution in [0.25, 0.3) is 0 Å². The first-order valence-electron chi connectivity index (χ1n) is 7.57. The molecule has 1 N–H and O–H groups in total. The monoisotopic (exact) mass is 342 g/mol. The third-order valence-corrected chi connectivity index (χ3v) is 5.94. The molecule has 1 aromatic carbocycles. The lowest BCUT2D eigenvalue weighted by Gasteiger charge is -2.33. The van der Waals surface area contributed by atoms with E-state index in [4.69, 9.17) is 0 Å². The summed E-state index contributed by atoms with van der Waals surface area (Å²) in [5, 5.41) is 2.81. The van der Waals surface area contributed by atoms with Gasteiger partial charge in [-0.25, -0.2) is 12.8 Å². The maximum Gasteiger partial charge on any atom is 0.222 e. The van der Waals surface area contributed by atoms with Crippen molar-refractivity contribution < 1.29 is 17.6 Å². The number of sulfone groups is 1. The molecular weight excluding hydrogens is 319 g/mol. The smallest absolute Gasteiger partial charge is 0.222 e. The van der Waals surface area contributed by atoms with Crippen molar-refractivity contribution in [2.24, 2.45) is 0 Å². The summed E-state index contributed by atoms with van der Waals surface area (Å²) in [6.07, 6.45) is 0.0770. The number of nitrogens with zero attached hydrogens (tertiary/aromatic N) is 1. The molecule has 1 unspecified atom stereocenters. The minimum absolute atomic E-state index is 0.0168. The summed E-state index contributed by atoms with van der Waals surface area (Å²) in [4.78, 5) is 14.2. The minimum atomic E-state index is -3.09. The van der Waals surface area contributed by atoms with Crippen LogP contribution in [0.5, 0.6) is 0 Å². The summed E-state index contributed by atoms with van der Waals surface area (Å²) in [6, 6.07) is 5.95. The van der Waals surface area contributed by atoms with Crippen LogP contribution in [0.1, 0.15) is 25.8 Å². The van der Waals surface area contributed by atoms with Crippen LogP contribution in [0, 0.1) is 5.82 Å². The second-order valence-electron chi connectivity index (χ2n) is 6.61. The summed E-state index contributed by atoms with van der Waals surface area (Å²) < 4.78 is 37.4. The van der Waals surface area contributed by atoms with Crippen molar-refractivity contribution in [2.45, 2.75) is 31.8 Å². The van der Waals surface area contributed by atoms with Crippen LogP contribution < -0.4 is 5.32 Å². The number of nitrogens with one attached hydrogen (secondary N) is 1. The molecule has 2 rings (SSSR count). The van der Waals surface area contributed by atoms with E-state index in [0.717, 1.165) is 0 Å². The fraction of sp³-hybridized carbons (Fsp3) is 0.562. The molecule has 0 saturated carbocycles. The molecule has 1 saturated heterocycles. The highest BCUT2D eigenvalue weighted by molar-refractivity contribution is 7.91. The van der Waals surface area contributed by atoms with Crippen LogP contribution in [-0.4, -0.2) is 50.4 Å². The SMILES string of the molecule is CN1CCS(=O)(=O)CC1CC(=O)NC(C)(C)c1ccccc1F. The molecule has 7 heteroatoms. The second kappa shape index (κ2) is 6.57. The quantitative estimate of drug-likeness (QED) is 0.896. The molecular formula is C16H23FN2O3S. The van der Waals surface area contributed by atoms with Gasteiger partial charge in [0.15, 0.2) is 9.84 Å². The fourth-order valence-electron chi connectivity index (χ4n) is 2.83. The fourth-order valence-corrected chi connectivity index (χ4v) is 4.52. The number of rotatable bonds is 4. The molecule has 23 heavy (non-hydrogen) atoms. The third kappa shape index (κ3) is 4.51. The van der Waals surface area contributed by atoms with Gasteiger partial charge in [0.25, 0.3) is 0 Å². The molecule has 1 fully saturated rings. The van der Waals surface area contributed by atoms with Crippen LogP contribution >= 0.6 is 0 Å².